The van der Waals surface area contributed by atoms with Gasteiger partial charge in [0.2, 0.25) is 0 Å². The van der Waals surface area contributed by atoms with E-state index in [-0.39, 0.29) is 16.5 Å². The minimum absolute atomic E-state index is 0. The largest absolute Gasteiger partial charge is 2.00 e. The number of fused-ring (bicyclic) bond motifs is 11. The average molecular weight is 811 g/mol. The van der Waals surface area contributed by atoms with Gasteiger partial charge in [-0.3, -0.25) is 0 Å². The van der Waals surface area contributed by atoms with Gasteiger partial charge in [0.05, 0.1) is 22.8 Å². The summed E-state index contributed by atoms with van der Waals surface area (Å²) < 4.78 is 6.01. The molecule has 6 heterocycles. The summed E-state index contributed by atoms with van der Waals surface area (Å²) in [6, 6.07) is 49.0. The summed E-state index contributed by atoms with van der Waals surface area (Å²) in [6.07, 6.45) is 6.01. The summed E-state index contributed by atoms with van der Waals surface area (Å²) in [5.74, 6) is -0.466. The third-order valence-corrected chi connectivity index (χ3v) is 10.4. The van der Waals surface area contributed by atoms with Crippen molar-refractivity contribution in [2.45, 2.75) is 26.4 Å². The SMILES string of the molecule is CC(C)(C)OC(=O)c1[nH]cc2c1-c1nc-2c(-c2ccccc2)c2ccc([n-]2)c(-c2ccccc2)c2nc(c(-c3ccccc3)c3ccc([n-]3)c1-c1ccccc1)C=C2.[Ni+2]. The Hall–Kier alpha value is -7.02. The van der Waals surface area contributed by atoms with Gasteiger partial charge < -0.3 is 19.7 Å². The van der Waals surface area contributed by atoms with Crippen LogP contribution in [0.2, 0.25) is 0 Å². The molecule has 2 aliphatic heterocycles. The summed E-state index contributed by atoms with van der Waals surface area (Å²) in [5, 5.41) is 0. The molecular weight excluding hydrogens is 773 g/mol. The van der Waals surface area contributed by atoms with Gasteiger partial charge in [0.25, 0.3) is 0 Å². The molecule has 0 aliphatic carbocycles. The zero-order chi connectivity index (χ0) is 39.4. The van der Waals surface area contributed by atoms with Crippen molar-refractivity contribution in [1.82, 2.24) is 24.9 Å². The molecule has 288 valence electrons. The molecule has 10 rings (SSSR count). The Bertz CT molecular complexity index is 3070. The summed E-state index contributed by atoms with van der Waals surface area (Å²) in [5.41, 5.74) is 14.2. The first-order chi connectivity index (χ1) is 28.3. The fourth-order valence-corrected chi connectivity index (χ4v) is 7.95. The van der Waals surface area contributed by atoms with Crippen molar-refractivity contribution in [3.05, 3.63) is 169 Å². The number of nitrogens with zero attached hydrogens (tertiary/aromatic N) is 4. The first kappa shape index (κ1) is 37.6. The Balaban J connectivity index is 0.00000449. The van der Waals surface area contributed by atoms with Crippen LogP contribution in [0, 0.1) is 0 Å². The van der Waals surface area contributed by atoms with Crippen molar-refractivity contribution in [3.8, 4) is 67.0 Å². The van der Waals surface area contributed by atoms with Gasteiger partial charge in [-0.2, -0.15) is 0 Å². The fraction of sp³-hybridized carbons (Fsp3) is 0.0784. The van der Waals surface area contributed by atoms with Gasteiger partial charge in [-0.1, -0.05) is 146 Å². The van der Waals surface area contributed by atoms with Crippen molar-refractivity contribution in [1.29, 1.82) is 0 Å². The van der Waals surface area contributed by atoms with Crippen LogP contribution in [0.25, 0.3) is 101 Å². The summed E-state index contributed by atoms with van der Waals surface area (Å²) in [6.45, 7) is 5.61. The van der Waals surface area contributed by atoms with Crippen molar-refractivity contribution in [3.63, 3.8) is 0 Å². The van der Waals surface area contributed by atoms with Gasteiger partial charge in [0.15, 0.2) is 0 Å². The maximum Gasteiger partial charge on any atom is 2.00 e. The zero-order valence-electron chi connectivity index (χ0n) is 32.5. The number of hydrogen-bond donors (Lipinski definition) is 1. The normalized spacial score (nSPS) is 11.8. The second-order valence-corrected chi connectivity index (χ2v) is 15.4. The van der Waals surface area contributed by atoms with E-state index in [0.29, 0.717) is 28.2 Å². The number of rotatable bonds is 5. The molecule has 7 nitrogen and oxygen atoms in total. The molecule has 8 heteroatoms. The van der Waals surface area contributed by atoms with Crippen LogP contribution in [0.3, 0.4) is 0 Å². The fourth-order valence-electron chi connectivity index (χ4n) is 7.95. The molecule has 0 amide bonds. The van der Waals surface area contributed by atoms with Gasteiger partial charge in [-0.05, 0) is 77.4 Å². The second-order valence-electron chi connectivity index (χ2n) is 15.4. The number of ether oxygens (including phenoxy) is 1. The molecule has 59 heavy (non-hydrogen) atoms. The predicted molar refractivity (Wildman–Crippen MR) is 234 cm³/mol. The number of carbonyl (C=O) groups is 1. The van der Waals surface area contributed by atoms with E-state index in [9.17, 15) is 4.79 Å². The molecule has 4 aromatic heterocycles. The van der Waals surface area contributed by atoms with E-state index in [1.165, 1.54) is 0 Å². The van der Waals surface area contributed by atoms with E-state index in [0.717, 1.165) is 78.0 Å². The number of esters is 1. The predicted octanol–water partition coefficient (Wildman–Crippen LogP) is 12.0. The number of aromatic nitrogens is 5. The molecule has 0 unspecified atom stereocenters. The summed E-state index contributed by atoms with van der Waals surface area (Å²) in [7, 11) is 0. The molecule has 0 saturated carbocycles. The standard InChI is InChI=1S/C51H38N5O2.Ni/c1-51(2,3)58-50(57)49-46-35(30-52-49)47-44(33-20-12-6-13-21-33)40-28-26-38(54-40)42(31-16-8-4-9-17-31)36-24-25-37(53-36)43(32-18-10-5-11-19-32)39-27-29-41(55-39)45(48(46)56-47)34-22-14-7-15-23-34;/h4-30H,1-3H3,(H2-,52,53,54,55,56,57);/q-1;+2/p-1. The monoisotopic (exact) mass is 809 g/mol. The van der Waals surface area contributed by atoms with E-state index in [1.54, 1.807) is 0 Å². The Morgan fingerprint density at radius 3 is 1.32 bits per heavy atom. The smallest absolute Gasteiger partial charge is 0.657 e. The Morgan fingerprint density at radius 2 is 0.898 bits per heavy atom. The number of hydrogen-bond acceptors (Lipinski definition) is 4. The molecule has 0 atom stereocenters. The molecule has 4 aromatic carbocycles. The van der Waals surface area contributed by atoms with Gasteiger partial charge in [-0.25, -0.2) is 14.8 Å². The zero-order valence-corrected chi connectivity index (χ0v) is 33.5. The van der Waals surface area contributed by atoms with Crippen LogP contribution in [-0.2, 0) is 21.2 Å². The van der Waals surface area contributed by atoms with Gasteiger partial charge in [-0.15, -0.1) is 22.1 Å². The minimum atomic E-state index is -0.722. The summed E-state index contributed by atoms with van der Waals surface area (Å²) in [4.78, 5) is 39.2. The molecule has 2 aliphatic rings. The molecule has 0 radical (unpaired) electrons. The van der Waals surface area contributed by atoms with E-state index in [2.05, 4.69) is 77.8 Å². The second kappa shape index (κ2) is 15.1. The van der Waals surface area contributed by atoms with Gasteiger partial charge in [0, 0.05) is 17.3 Å². The van der Waals surface area contributed by atoms with Crippen LogP contribution >= 0.6 is 0 Å². The maximum atomic E-state index is 14.1. The average Bonchev–Trinajstić information content (AvgIpc) is 4.09. The quantitative estimate of drug-likeness (QED) is 0.137. The van der Waals surface area contributed by atoms with Gasteiger partial charge >= 0.3 is 22.5 Å². The van der Waals surface area contributed by atoms with Crippen LogP contribution in [0.15, 0.2) is 152 Å². The topological polar surface area (TPSA) is 96.1 Å². The summed E-state index contributed by atoms with van der Waals surface area (Å²) >= 11 is 0. The maximum absolute atomic E-state index is 14.1. The van der Waals surface area contributed by atoms with Crippen LogP contribution in [0.1, 0.15) is 42.6 Å². The Labute approximate surface area is 351 Å². The Kier molecular flexibility index (Phi) is 9.58. The van der Waals surface area contributed by atoms with Crippen molar-refractivity contribution in [2.24, 2.45) is 0 Å². The van der Waals surface area contributed by atoms with Gasteiger partial charge in [0.1, 0.15) is 11.3 Å². The number of nitrogens with one attached hydrogen (secondary N) is 1. The van der Waals surface area contributed by atoms with Crippen LogP contribution in [0.4, 0.5) is 0 Å². The first-order valence-electron chi connectivity index (χ1n) is 19.4. The molecule has 0 fully saturated rings. The third-order valence-electron chi connectivity index (χ3n) is 10.4. The number of carbonyl (C=O) groups excluding carboxylic acids is 1. The molecule has 0 saturated heterocycles. The van der Waals surface area contributed by atoms with E-state index < -0.39 is 11.6 Å². The van der Waals surface area contributed by atoms with E-state index >= 15 is 0 Å². The first-order valence-corrected chi connectivity index (χ1v) is 19.4. The van der Waals surface area contributed by atoms with Crippen molar-refractivity contribution in [2.75, 3.05) is 0 Å². The number of benzene rings is 4. The van der Waals surface area contributed by atoms with Crippen LogP contribution in [0.5, 0.6) is 0 Å². The van der Waals surface area contributed by atoms with Crippen LogP contribution in [-0.4, -0.2) is 26.5 Å². The van der Waals surface area contributed by atoms with Crippen molar-refractivity contribution < 1.29 is 26.0 Å². The molecule has 1 N–H and O–H groups in total. The molecule has 8 aromatic rings. The third kappa shape index (κ3) is 6.81. The van der Waals surface area contributed by atoms with Crippen LogP contribution < -0.4 is 9.97 Å². The Morgan fingerprint density at radius 1 is 0.508 bits per heavy atom. The molecule has 0 spiro atoms. The number of aromatic amines is 1. The molecule has 8 bridgehead atoms. The number of H-pyrrole nitrogens is 1. The minimum Gasteiger partial charge on any atom is -0.657 e. The molecular formula is C51H37N5NiO2. The van der Waals surface area contributed by atoms with E-state index in [4.69, 9.17) is 24.7 Å². The van der Waals surface area contributed by atoms with Crippen molar-refractivity contribution >= 4 is 40.2 Å². The van der Waals surface area contributed by atoms with E-state index in [1.807, 2.05) is 112 Å².